The summed E-state index contributed by atoms with van der Waals surface area (Å²) >= 11 is 0. The Kier molecular flexibility index (Phi) is 4.82. The zero-order valence-corrected chi connectivity index (χ0v) is 11.4. The summed E-state index contributed by atoms with van der Waals surface area (Å²) in [6.07, 6.45) is 5.87. The number of carbonyl (C=O) groups excluding carboxylic acids is 1. The second-order valence-corrected chi connectivity index (χ2v) is 5.34. The van der Waals surface area contributed by atoms with Crippen LogP contribution in [0.3, 0.4) is 0 Å². The second kappa shape index (κ2) is 5.70. The first-order valence-corrected chi connectivity index (χ1v) is 6.87. The minimum atomic E-state index is 0.204. The molecule has 1 saturated heterocycles. The zero-order valence-electron chi connectivity index (χ0n) is 11.4. The van der Waals surface area contributed by atoms with E-state index in [4.69, 9.17) is 0 Å². The first kappa shape index (κ1) is 13.5. The van der Waals surface area contributed by atoms with Crippen molar-refractivity contribution in [3.63, 3.8) is 0 Å². The molecule has 1 fully saturated rings. The van der Waals surface area contributed by atoms with E-state index >= 15 is 0 Å². The monoisotopic (exact) mass is 225 g/mol. The van der Waals surface area contributed by atoms with E-state index in [1.54, 1.807) is 0 Å². The predicted octanol–water partition coefficient (Wildman–Crippen LogP) is 3.46. The van der Waals surface area contributed by atoms with Crippen LogP contribution in [0.5, 0.6) is 0 Å². The van der Waals surface area contributed by atoms with Crippen LogP contribution in [-0.2, 0) is 4.79 Å². The van der Waals surface area contributed by atoms with E-state index in [1.165, 1.54) is 25.7 Å². The molecule has 1 atom stereocenters. The van der Waals surface area contributed by atoms with Gasteiger partial charge in [0.05, 0.1) is 0 Å². The fourth-order valence-electron chi connectivity index (χ4n) is 2.64. The van der Waals surface area contributed by atoms with Gasteiger partial charge in [0, 0.05) is 19.0 Å². The number of amides is 1. The number of hydrogen-bond acceptors (Lipinski definition) is 1. The van der Waals surface area contributed by atoms with Crippen molar-refractivity contribution in [2.45, 2.75) is 59.8 Å². The first-order chi connectivity index (χ1) is 7.58. The molecule has 94 valence electrons. The van der Waals surface area contributed by atoms with E-state index < -0.39 is 0 Å². The summed E-state index contributed by atoms with van der Waals surface area (Å²) in [7, 11) is 0. The van der Waals surface area contributed by atoms with Gasteiger partial charge in [-0.15, -0.1) is 0 Å². The van der Waals surface area contributed by atoms with Gasteiger partial charge in [0.25, 0.3) is 0 Å². The van der Waals surface area contributed by atoms with Crippen LogP contribution in [0, 0.1) is 11.3 Å². The molecule has 1 rings (SSSR count). The summed E-state index contributed by atoms with van der Waals surface area (Å²) in [4.78, 5) is 14.1. The fourth-order valence-corrected chi connectivity index (χ4v) is 2.64. The van der Waals surface area contributed by atoms with Crippen LogP contribution in [0.1, 0.15) is 59.8 Å². The Balaban J connectivity index is 2.51. The molecule has 0 radical (unpaired) electrons. The number of piperidine rings is 1. The maximum atomic E-state index is 12.0. The number of rotatable bonds is 4. The van der Waals surface area contributed by atoms with Crippen molar-refractivity contribution in [3.8, 4) is 0 Å². The maximum absolute atomic E-state index is 12.0. The van der Waals surface area contributed by atoms with Gasteiger partial charge in [-0.25, -0.2) is 0 Å². The Hall–Kier alpha value is -0.530. The van der Waals surface area contributed by atoms with Crippen LogP contribution < -0.4 is 0 Å². The molecule has 2 nitrogen and oxygen atoms in total. The van der Waals surface area contributed by atoms with Crippen LogP contribution in [-0.4, -0.2) is 23.9 Å². The lowest BCUT2D eigenvalue weighted by Crippen LogP contribution is -2.44. The van der Waals surface area contributed by atoms with Crippen LogP contribution in [0.15, 0.2) is 0 Å². The van der Waals surface area contributed by atoms with Crippen molar-refractivity contribution in [1.82, 2.24) is 4.90 Å². The highest BCUT2D eigenvalue weighted by Crippen LogP contribution is 2.38. The third-order valence-corrected chi connectivity index (χ3v) is 4.67. The maximum Gasteiger partial charge on any atom is 0.225 e. The molecule has 0 spiro atoms. The first-order valence-electron chi connectivity index (χ1n) is 6.87. The Morgan fingerprint density at radius 3 is 2.06 bits per heavy atom. The van der Waals surface area contributed by atoms with Crippen LogP contribution in [0.2, 0.25) is 0 Å². The van der Waals surface area contributed by atoms with Crippen molar-refractivity contribution in [3.05, 3.63) is 0 Å². The van der Waals surface area contributed by atoms with Gasteiger partial charge in [-0.05, 0) is 24.7 Å². The van der Waals surface area contributed by atoms with Crippen LogP contribution in [0.4, 0.5) is 0 Å². The smallest absolute Gasteiger partial charge is 0.225 e. The lowest BCUT2D eigenvalue weighted by atomic mass is 9.74. The number of likely N-dealkylation sites (tertiary alicyclic amines) is 1. The van der Waals surface area contributed by atoms with E-state index in [-0.39, 0.29) is 5.92 Å². The lowest BCUT2D eigenvalue weighted by molar-refractivity contribution is -0.137. The summed E-state index contributed by atoms with van der Waals surface area (Å²) in [5.41, 5.74) is 0.520. The quantitative estimate of drug-likeness (QED) is 0.717. The highest BCUT2D eigenvalue weighted by molar-refractivity contribution is 5.78. The van der Waals surface area contributed by atoms with Crippen LogP contribution >= 0.6 is 0 Å². The summed E-state index contributed by atoms with van der Waals surface area (Å²) < 4.78 is 0. The average Bonchev–Trinajstić information content (AvgIpc) is 2.37. The van der Waals surface area contributed by atoms with Crippen molar-refractivity contribution in [2.24, 2.45) is 11.3 Å². The normalized spacial score (nSPS) is 21.9. The van der Waals surface area contributed by atoms with Crippen molar-refractivity contribution in [1.29, 1.82) is 0 Å². The minimum absolute atomic E-state index is 0.204. The Bertz CT molecular complexity index is 223. The van der Waals surface area contributed by atoms with Crippen molar-refractivity contribution >= 4 is 5.91 Å². The summed E-state index contributed by atoms with van der Waals surface area (Å²) in [5, 5.41) is 0. The molecule has 0 saturated carbocycles. The molecular formula is C14H27NO. The molecule has 0 N–H and O–H groups in total. The molecular weight excluding hydrogens is 198 g/mol. The molecule has 0 bridgehead atoms. The van der Waals surface area contributed by atoms with Gasteiger partial charge in [-0.2, -0.15) is 0 Å². The van der Waals surface area contributed by atoms with Gasteiger partial charge >= 0.3 is 0 Å². The summed E-state index contributed by atoms with van der Waals surface area (Å²) in [5.74, 6) is 0.569. The zero-order chi connectivity index (χ0) is 12.2. The summed E-state index contributed by atoms with van der Waals surface area (Å²) in [6.45, 7) is 10.7. The second-order valence-electron chi connectivity index (χ2n) is 5.34. The van der Waals surface area contributed by atoms with E-state index in [0.29, 0.717) is 11.3 Å². The molecule has 0 aliphatic carbocycles. The molecule has 0 aromatic carbocycles. The highest BCUT2D eigenvalue weighted by atomic mass is 16.2. The molecule has 1 unspecified atom stereocenters. The molecule has 1 amide bonds. The third-order valence-electron chi connectivity index (χ3n) is 4.67. The number of carbonyl (C=O) groups is 1. The largest absolute Gasteiger partial charge is 0.342 e. The molecule has 1 aliphatic heterocycles. The van der Waals surface area contributed by atoms with Crippen molar-refractivity contribution in [2.75, 3.05) is 13.1 Å². The third kappa shape index (κ3) is 2.78. The number of nitrogens with zero attached hydrogens (tertiary/aromatic N) is 1. The van der Waals surface area contributed by atoms with E-state index in [0.717, 1.165) is 19.5 Å². The molecule has 1 aliphatic rings. The molecule has 1 heterocycles. The standard InChI is InChI=1S/C14H27NO/c1-5-12(4)13(16)15-10-8-14(6-2,7-3)9-11-15/h12H,5-11H2,1-4H3. The SMILES string of the molecule is CCC(C)C(=O)N1CCC(CC)(CC)CC1. The van der Waals surface area contributed by atoms with Gasteiger partial charge < -0.3 is 4.90 Å². The summed E-state index contributed by atoms with van der Waals surface area (Å²) in [6, 6.07) is 0. The van der Waals surface area contributed by atoms with E-state index in [9.17, 15) is 4.79 Å². The van der Waals surface area contributed by atoms with Gasteiger partial charge in [0.1, 0.15) is 0 Å². The minimum Gasteiger partial charge on any atom is -0.342 e. The Morgan fingerprint density at radius 1 is 1.19 bits per heavy atom. The van der Waals surface area contributed by atoms with E-state index in [1.807, 2.05) is 6.92 Å². The Morgan fingerprint density at radius 2 is 1.69 bits per heavy atom. The molecule has 16 heavy (non-hydrogen) atoms. The van der Waals surface area contributed by atoms with Crippen molar-refractivity contribution < 1.29 is 4.79 Å². The predicted molar refractivity (Wildman–Crippen MR) is 68.3 cm³/mol. The van der Waals surface area contributed by atoms with E-state index in [2.05, 4.69) is 25.7 Å². The fraction of sp³-hybridized carbons (Fsp3) is 0.929. The molecule has 0 aromatic rings. The topological polar surface area (TPSA) is 20.3 Å². The average molecular weight is 225 g/mol. The van der Waals surface area contributed by atoms with Crippen LogP contribution in [0.25, 0.3) is 0 Å². The highest BCUT2D eigenvalue weighted by Gasteiger charge is 2.33. The molecule has 0 aromatic heterocycles. The number of hydrogen-bond donors (Lipinski definition) is 0. The van der Waals surface area contributed by atoms with Gasteiger partial charge in [-0.3, -0.25) is 4.79 Å². The Labute approximate surface area is 100 Å². The van der Waals surface area contributed by atoms with Gasteiger partial charge in [0.15, 0.2) is 0 Å². The van der Waals surface area contributed by atoms with Gasteiger partial charge in [-0.1, -0.05) is 40.5 Å². The van der Waals surface area contributed by atoms with Gasteiger partial charge in [0.2, 0.25) is 5.91 Å². The molecule has 2 heteroatoms. The lowest BCUT2D eigenvalue weighted by Gasteiger charge is -2.41.